The Balaban J connectivity index is 2.04. The molecule has 0 saturated carbocycles. The molecule has 0 aliphatic carbocycles. The van der Waals surface area contributed by atoms with Crippen LogP contribution in [0.1, 0.15) is 19.4 Å². The van der Waals surface area contributed by atoms with Gasteiger partial charge in [0.15, 0.2) is 0 Å². The first-order chi connectivity index (χ1) is 9.12. The van der Waals surface area contributed by atoms with Crippen molar-refractivity contribution in [3.05, 3.63) is 48.3 Å². The summed E-state index contributed by atoms with van der Waals surface area (Å²) in [7, 11) is 1.68. The molecule has 0 amide bonds. The molecule has 4 nitrogen and oxygen atoms in total. The second-order valence-electron chi connectivity index (χ2n) is 5.04. The number of nitrogens with zero attached hydrogens (tertiary/aromatic N) is 2. The lowest BCUT2D eigenvalue weighted by molar-refractivity contribution is 0.414. The molecule has 0 radical (unpaired) electrons. The van der Waals surface area contributed by atoms with Crippen LogP contribution in [0.5, 0.6) is 5.75 Å². The van der Waals surface area contributed by atoms with E-state index in [0.717, 1.165) is 12.3 Å². The van der Waals surface area contributed by atoms with E-state index in [9.17, 15) is 0 Å². The van der Waals surface area contributed by atoms with Gasteiger partial charge < -0.3 is 10.1 Å². The summed E-state index contributed by atoms with van der Waals surface area (Å²) < 4.78 is 5.18. The Morgan fingerprint density at radius 1 is 1.11 bits per heavy atom. The largest absolute Gasteiger partial charge is 0.497 e. The molecule has 1 heterocycles. The Labute approximate surface area is 113 Å². The average molecular weight is 257 g/mol. The van der Waals surface area contributed by atoms with Gasteiger partial charge in [-0.05, 0) is 23.8 Å². The summed E-state index contributed by atoms with van der Waals surface area (Å²) in [6.45, 7) is 5.14. The van der Waals surface area contributed by atoms with E-state index >= 15 is 0 Å². The van der Waals surface area contributed by atoms with Crippen LogP contribution in [0.4, 0.5) is 5.95 Å². The van der Waals surface area contributed by atoms with Crippen molar-refractivity contribution in [2.75, 3.05) is 19.0 Å². The van der Waals surface area contributed by atoms with Gasteiger partial charge in [-0.1, -0.05) is 26.0 Å². The fourth-order valence-electron chi connectivity index (χ4n) is 1.83. The smallest absolute Gasteiger partial charge is 0.222 e. The highest BCUT2D eigenvalue weighted by molar-refractivity contribution is 5.34. The zero-order chi connectivity index (χ0) is 13.7. The normalized spacial score (nSPS) is 11.1. The van der Waals surface area contributed by atoms with E-state index in [2.05, 4.69) is 41.3 Å². The number of anilines is 1. The Bertz CT molecular complexity index is 509. The van der Waals surface area contributed by atoms with Crippen LogP contribution in [-0.2, 0) is 5.41 Å². The molecule has 1 aromatic carbocycles. The van der Waals surface area contributed by atoms with Crippen molar-refractivity contribution in [1.82, 2.24) is 9.97 Å². The van der Waals surface area contributed by atoms with E-state index in [-0.39, 0.29) is 5.41 Å². The molecule has 0 saturated heterocycles. The van der Waals surface area contributed by atoms with Crippen LogP contribution >= 0.6 is 0 Å². The molecule has 0 unspecified atom stereocenters. The molecule has 2 rings (SSSR count). The molecule has 0 aliphatic heterocycles. The van der Waals surface area contributed by atoms with E-state index in [0.29, 0.717) is 5.95 Å². The van der Waals surface area contributed by atoms with Gasteiger partial charge in [-0.2, -0.15) is 0 Å². The standard InChI is InChI=1S/C15H19N3O/c1-15(2,11-18-14-16-9-4-10-17-14)12-5-7-13(19-3)8-6-12/h4-10H,11H2,1-3H3,(H,16,17,18). The van der Waals surface area contributed by atoms with Gasteiger partial charge in [-0.25, -0.2) is 9.97 Å². The first-order valence-electron chi connectivity index (χ1n) is 6.27. The molecule has 0 spiro atoms. The van der Waals surface area contributed by atoms with Gasteiger partial charge in [0.25, 0.3) is 0 Å². The molecule has 0 bridgehead atoms. The maximum absolute atomic E-state index is 5.18. The third-order valence-corrected chi connectivity index (χ3v) is 3.13. The highest BCUT2D eigenvalue weighted by Gasteiger charge is 2.20. The Morgan fingerprint density at radius 2 is 1.74 bits per heavy atom. The fourth-order valence-corrected chi connectivity index (χ4v) is 1.83. The van der Waals surface area contributed by atoms with Gasteiger partial charge in [0, 0.05) is 24.4 Å². The third-order valence-electron chi connectivity index (χ3n) is 3.13. The van der Waals surface area contributed by atoms with E-state index in [1.807, 2.05) is 12.1 Å². The minimum absolute atomic E-state index is 0.00846. The SMILES string of the molecule is COc1ccc(C(C)(C)CNc2ncccn2)cc1. The van der Waals surface area contributed by atoms with Crippen molar-refractivity contribution in [1.29, 1.82) is 0 Å². The Hall–Kier alpha value is -2.10. The third kappa shape index (κ3) is 3.44. The van der Waals surface area contributed by atoms with Gasteiger partial charge in [0.2, 0.25) is 5.95 Å². The molecule has 1 aromatic heterocycles. The van der Waals surface area contributed by atoms with Crippen LogP contribution in [-0.4, -0.2) is 23.6 Å². The van der Waals surface area contributed by atoms with Crippen molar-refractivity contribution in [2.24, 2.45) is 0 Å². The van der Waals surface area contributed by atoms with Crippen molar-refractivity contribution in [3.63, 3.8) is 0 Å². The molecular weight excluding hydrogens is 238 g/mol. The molecule has 0 atom stereocenters. The topological polar surface area (TPSA) is 47.0 Å². The number of rotatable bonds is 5. The van der Waals surface area contributed by atoms with Crippen LogP contribution in [0.15, 0.2) is 42.7 Å². The molecule has 0 fully saturated rings. The van der Waals surface area contributed by atoms with Crippen LogP contribution < -0.4 is 10.1 Å². The van der Waals surface area contributed by atoms with Gasteiger partial charge in [0.1, 0.15) is 5.75 Å². The summed E-state index contributed by atoms with van der Waals surface area (Å²) in [6, 6.07) is 9.95. The van der Waals surface area contributed by atoms with Gasteiger partial charge >= 0.3 is 0 Å². The number of benzene rings is 1. The molecule has 19 heavy (non-hydrogen) atoms. The van der Waals surface area contributed by atoms with E-state index in [1.165, 1.54) is 5.56 Å². The minimum Gasteiger partial charge on any atom is -0.497 e. The van der Waals surface area contributed by atoms with Crippen molar-refractivity contribution in [3.8, 4) is 5.75 Å². The maximum Gasteiger partial charge on any atom is 0.222 e. The Kier molecular flexibility index (Phi) is 4.00. The summed E-state index contributed by atoms with van der Waals surface area (Å²) in [6.07, 6.45) is 3.46. The monoisotopic (exact) mass is 257 g/mol. The fraction of sp³-hybridized carbons (Fsp3) is 0.333. The second kappa shape index (κ2) is 5.69. The molecule has 2 aromatic rings. The number of nitrogens with one attached hydrogen (secondary N) is 1. The van der Waals surface area contributed by atoms with Crippen LogP contribution in [0.25, 0.3) is 0 Å². The highest BCUT2D eigenvalue weighted by atomic mass is 16.5. The number of aromatic nitrogens is 2. The lowest BCUT2D eigenvalue weighted by atomic mass is 9.84. The summed E-state index contributed by atoms with van der Waals surface area (Å²) in [4.78, 5) is 8.32. The number of ether oxygens (including phenoxy) is 1. The number of hydrogen-bond donors (Lipinski definition) is 1. The zero-order valence-corrected chi connectivity index (χ0v) is 11.6. The van der Waals surface area contributed by atoms with Crippen LogP contribution in [0, 0.1) is 0 Å². The maximum atomic E-state index is 5.18. The van der Waals surface area contributed by atoms with E-state index in [1.54, 1.807) is 25.6 Å². The van der Waals surface area contributed by atoms with Crippen molar-refractivity contribution in [2.45, 2.75) is 19.3 Å². The average Bonchev–Trinajstić information content (AvgIpc) is 2.46. The van der Waals surface area contributed by atoms with Crippen molar-refractivity contribution < 1.29 is 4.74 Å². The zero-order valence-electron chi connectivity index (χ0n) is 11.6. The molecule has 0 aliphatic rings. The second-order valence-corrected chi connectivity index (χ2v) is 5.04. The van der Waals surface area contributed by atoms with Gasteiger partial charge in [0.05, 0.1) is 7.11 Å². The summed E-state index contributed by atoms with van der Waals surface area (Å²) in [5.41, 5.74) is 1.24. The summed E-state index contributed by atoms with van der Waals surface area (Å²) in [5, 5.41) is 3.26. The van der Waals surface area contributed by atoms with Gasteiger partial charge in [-0.3, -0.25) is 0 Å². The predicted molar refractivity (Wildman–Crippen MR) is 76.5 cm³/mol. The molecule has 4 heteroatoms. The van der Waals surface area contributed by atoms with E-state index < -0.39 is 0 Å². The summed E-state index contributed by atoms with van der Waals surface area (Å²) >= 11 is 0. The lowest BCUT2D eigenvalue weighted by Crippen LogP contribution is -2.28. The first kappa shape index (κ1) is 13.3. The first-order valence-corrected chi connectivity index (χ1v) is 6.27. The molecular formula is C15H19N3O. The van der Waals surface area contributed by atoms with Crippen LogP contribution in [0.2, 0.25) is 0 Å². The summed E-state index contributed by atoms with van der Waals surface area (Å²) in [5.74, 6) is 1.53. The quantitative estimate of drug-likeness (QED) is 0.894. The minimum atomic E-state index is -0.00846. The number of hydrogen-bond acceptors (Lipinski definition) is 4. The van der Waals surface area contributed by atoms with E-state index in [4.69, 9.17) is 4.74 Å². The van der Waals surface area contributed by atoms with Crippen molar-refractivity contribution >= 4 is 5.95 Å². The van der Waals surface area contributed by atoms with Crippen LogP contribution in [0.3, 0.4) is 0 Å². The number of methoxy groups -OCH3 is 1. The highest BCUT2D eigenvalue weighted by Crippen LogP contribution is 2.25. The van der Waals surface area contributed by atoms with Gasteiger partial charge in [-0.15, -0.1) is 0 Å². The predicted octanol–water partition coefficient (Wildman–Crippen LogP) is 2.87. The lowest BCUT2D eigenvalue weighted by Gasteiger charge is -2.25. The molecule has 100 valence electrons. The Morgan fingerprint density at radius 3 is 2.32 bits per heavy atom. The molecule has 1 N–H and O–H groups in total.